The highest BCUT2D eigenvalue weighted by Crippen LogP contribution is 2.13. The average molecular weight is 287 g/mol. The van der Waals surface area contributed by atoms with E-state index in [1.54, 1.807) is 12.0 Å². The third-order valence-corrected chi connectivity index (χ3v) is 3.34. The molecule has 0 radical (unpaired) electrons. The van der Waals surface area contributed by atoms with Gasteiger partial charge in [0, 0.05) is 26.6 Å². The predicted octanol–water partition coefficient (Wildman–Crippen LogP) is -0.474. The van der Waals surface area contributed by atoms with Crippen LogP contribution in [0.2, 0.25) is 0 Å². The minimum atomic E-state index is -1.17. The summed E-state index contributed by atoms with van der Waals surface area (Å²) in [5, 5.41) is 11.4. The Bertz CT molecular complexity index is 366. The molecule has 4 N–H and O–H groups in total. The van der Waals surface area contributed by atoms with E-state index in [0.29, 0.717) is 13.1 Å². The number of amides is 3. The van der Waals surface area contributed by atoms with Crippen LogP contribution in [0.4, 0.5) is 4.79 Å². The Morgan fingerprint density at radius 3 is 2.45 bits per heavy atom. The highest BCUT2D eigenvalue weighted by atomic mass is 16.5. The minimum Gasteiger partial charge on any atom is -0.480 e. The normalized spacial score (nSPS) is 17.6. The van der Waals surface area contributed by atoms with Crippen molar-refractivity contribution in [3.63, 3.8) is 0 Å². The summed E-state index contributed by atoms with van der Waals surface area (Å²) < 4.78 is 5.20. The van der Waals surface area contributed by atoms with Gasteiger partial charge in [0.2, 0.25) is 5.91 Å². The fourth-order valence-electron chi connectivity index (χ4n) is 2.08. The van der Waals surface area contributed by atoms with Crippen LogP contribution in [0, 0.1) is 0 Å². The molecule has 1 fully saturated rings. The van der Waals surface area contributed by atoms with Gasteiger partial charge in [0.1, 0.15) is 6.04 Å². The van der Waals surface area contributed by atoms with Gasteiger partial charge in [-0.1, -0.05) is 0 Å². The number of methoxy groups -OCH3 is 1. The fourth-order valence-corrected chi connectivity index (χ4v) is 2.08. The van der Waals surface area contributed by atoms with Crippen LogP contribution in [0.5, 0.6) is 0 Å². The molecule has 0 aromatic heterocycles. The lowest BCUT2D eigenvalue weighted by atomic mass is 10.1. The maximum Gasteiger partial charge on any atom is 0.326 e. The van der Waals surface area contributed by atoms with Crippen molar-refractivity contribution in [3.8, 4) is 0 Å². The second-order valence-electron chi connectivity index (χ2n) is 4.77. The maximum absolute atomic E-state index is 11.9. The zero-order valence-electron chi connectivity index (χ0n) is 11.5. The van der Waals surface area contributed by atoms with Crippen LogP contribution in [0.3, 0.4) is 0 Å². The van der Waals surface area contributed by atoms with Crippen molar-refractivity contribution < 1.29 is 24.2 Å². The summed E-state index contributed by atoms with van der Waals surface area (Å²) in [6.07, 6.45) is 1.50. The number of carbonyl (C=O) groups excluding carboxylic acids is 2. The van der Waals surface area contributed by atoms with Crippen LogP contribution >= 0.6 is 0 Å². The van der Waals surface area contributed by atoms with Crippen molar-refractivity contribution in [2.75, 3.05) is 20.2 Å². The average Bonchev–Trinajstić information content (AvgIpc) is 2.42. The number of carboxylic acids is 1. The molecule has 1 atom stereocenters. The van der Waals surface area contributed by atoms with Gasteiger partial charge in [-0.3, -0.25) is 4.79 Å². The molecule has 1 aliphatic heterocycles. The Hall–Kier alpha value is -1.83. The lowest BCUT2D eigenvalue weighted by Gasteiger charge is -2.32. The molecule has 0 spiro atoms. The first-order valence-electron chi connectivity index (χ1n) is 6.53. The third kappa shape index (κ3) is 5.04. The zero-order chi connectivity index (χ0) is 15.1. The number of hydrogen-bond donors (Lipinski definition) is 3. The summed E-state index contributed by atoms with van der Waals surface area (Å²) in [7, 11) is 1.63. The first-order valence-corrected chi connectivity index (χ1v) is 6.53. The number of nitrogens with two attached hydrogens (primary N) is 1. The van der Waals surface area contributed by atoms with Crippen molar-refractivity contribution in [2.45, 2.75) is 37.8 Å². The van der Waals surface area contributed by atoms with Crippen molar-refractivity contribution in [1.82, 2.24) is 10.2 Å². The molecule has 1 heterocycles. The van der Waals surface area contributed by atoms with Crippen LogP contribution < -0.4 is 11.1 Å². The van der Waals surface area contributed by atoms with E-state index < -0.39 is 23.9 Å². The van der Waals surface area contributed by atoms with E-state index in [1.807, 2.05) is 0 Å². The quantitative estimate of drug-likeness (QED) is 0.609. The summed E-state index contributed by atoms with van der Waals surface area (Å²) in [4.78, 5) is 35.2. The Balaban J connectivity index is 2.45. The lowest BCUT2D eigenvalue weighted by Crippen LogP contribution is -2.51. The van der Waals surface area contributed by atoms with Crippen molar-refractivity contribution in [2.24, 2.45) is 5.73 Å². The number of nitrogens with one attached hydrogen (secondary N) is 1. The molecule has 3 amide bonds. The predicted molar refractivity (Wildman–Crippen MR) is 70.0 cm³/mol. The molecular formula is C12H21N3O5. The zero-order valence-corrected chi connectivity index (χ0v) is 11.5. The number of hydrogen-bond acceptors (Lipinski definition) is 4. The first-order chi connectivity index (χ1) is 9.43. The molecule has 0 aromatic rings. The Kier molecular flexibility index (Phi) is 6.23. The van der Waals surface area contributed by atoms with Crippen LogP contribution in [0.25, 0.3) is 0 Å². The van der Waals surface area contributed by atoms with E-state index in [2.05, 4.69) is 5.32 Å². The van der Waals surface area contributed by atoms with Gasteiger partial charge >= 0.3 is 12.0 Å². The van der Waals surface area contributed by atoms with Crippen LogP contribution in [0.15, 0.2) is 0 Å². The van der Waals surface area contributed by atoms with Gasteiger partial charge in [0.05, 0.1) is 6.10 Å². The fraction of sp³-hybridized carbons (Fsp3) is 0.750. The Morgan fingerprint density at radius 1 is 1.40 bits per heavy atom. The molecule has 114 valence electrons. The van der Waals surface area contributed by atoms with Crippen LogP contribution in [-0.2, 0) is 14.3 Å². The summed E-state index contributed by atoms with van der Waals surface area (Å²) >= 11 is 0. The standard InChI is InChI=1S/C12H21N3O5/c1-20-8-4-6-15(7-5-8)12(19)14-9(11(17)18)2-3-10(13)16/h8-9H,2-7H2,1H3,(H2,13,16)(H,14,19)(H,17,18)/t9-/m0/s1. The monoisotopic (exact) mass is 287 g/mol. The number of ether oxygens (including phenoxy) is 1. The van der Waals surface area contributed by atoms with E-state index >= 15 is 0 Å². The molecule has 0 aliphatic carbocycles. The van der Waals surface area contributed by atoms with Crippen molar-refractivity contribution >= 4 is 17.9 Å². The smallest absolute Gasteiger partial charge is 0.326 e. The number of urea groups is 1. The maximum atomic E-state index is 11.9. The van der Waals surface area contributed by atoms with Crippen LogP contribution in [-0.4, -0.2) is 60.3 Å². The van der Waals surface area contributed by atoms with Crippen LogP contribution in [0.1, 0.15) is 25.7 Å². The molecule has 1 saturated heterocycles. The van der Waals surface area contributed by atoms with E-state index in [4.69, 9.17) is 15.6 Å². The minimum absolute atomic E-state index is 0.00899. The number of primary amides is 1. The molecule has 0 aromatic carbocycles. The first kappa shape index (κ1) is 16.2. The van der Waals surface area contributed by atoms with Gasteiger partial charge in [-0.25, -0.2) is 9.59 Å². The number of aliphatic carboxylic acids is 1. The topological polar surface area (TPSA) is 122 Å². The third-order valence-electron chi connectivity index (χ3n) is 3.34. The molecule has 1 rings (SSSR count). The number of carboxylic acid groups (broad SMARTS) is 1. The van der Waals surface area contributed by atoms with E-state index in [9.17, 15) is 14.4 Å². The molecule has 8 heteroatoms. The Morgan fingerprint density at radius 2 is 2.00 bits per heavy atom. The summed E-state index contributed by atoms with van der Waals surface area (Å²) in [5.74, 6) is -1.77. The van der Waals surface area contributed by atoms with E-state index in [1.165, 1.54) is 0 Å². The van der Waals surface area contributed by atoms with Gasteiger partial charge in [0.15, 0.2) is 0 Å². The van der Waals surface area contributed by atoms with Gasteiger partial charge in [-0.15, -0.1) is 0 Å². The molecule has 0 saturated carbocycles. The van der Waals surface area contributed by atoms with Gasteiger partial charge in [0.25, 0.3) is 0 Å². The van der Waals surface area contributed by atoms with Crippen molar-refractivity contribution in [3.05, 3.63) is 0 Å². The lowest BCUT2D eigenvalue weighted by molar-refractivity contribution is -0.139. The number of likely N-dealkylation sites (tertiary alicyclic amines) is 1. The molecule has 8 nitrogen and oxygen atoms in total. The number of nitrogens with zero attached hydrogens (tertiary/aromatic N) is 1. The van der Waals surface area contributed by atoms with Gasteiger partial charge < -0.3 is 25.8 Å². The van der Waals surface area contributed by atoms with Gasteiger partial charge in [-0.2, -0.15) is 0 Å². The summed E-state index contributed by atoms with van der Waals surface area (Å²) in [6.45, 7) is 1.04. The van der Waals surface area contributed by atoms with E-state index in [-0.39, 0.29) is 18.9 Å². The molecular weight excluding hydrogens is 266 g/mol. The Labute approximate surface area is 117 Å². The SMILES string of the molecule is COC1CCN(C(=O)N[C@@H](CCC(N)=O)C(=O)O)CC1. The largest absolute Gasteiger partial charge is 0.480 e. The van der Waals surface area contributed by atoms with Gasteiger partial charge in [-0.05, 0) is 19.3 Å². The van der Waals surface area contributed by atoms with Crippen molar-refractivity contribution in [1.29, 1.82) is 0 Å². The molecule has 0 bridgehead atoms. The number of piperidine rings is 1. The summed E-state index contributed by atoms with van der Waals surface area (Å²) in [6, 6.07) is -1.54. The van der Waals surface area contributed by atoms with E-state index in [0.717, 1.165) is 12.8 Å². The highest BCUT2D eigenvalue weighted by molar-refractivity contribution is 5.83. The highest BCUT2D eigenvalue weighted by Gasteiger charge is 2.26. The molecule has 20 heavy (non-hydrogen) atoms. The summed E-state index contributed by atoms with van der Waals surface area (Å²) in [5.41, 5.74) is 4.98. The number of rotatable bonds is 6. The second kappa shape index (κ2) is 7.68. The molecule has 0 unspecified atom stereocenters. The second-order valence-corrected chi connectivity index (χ2v) is 4.77. The number of carbonyl (C=O) groups is 3. The molecule has 1 aliphatic rings.